The normalized spacial score (nSPS) is 12.6. The summed E-state index contributed by atoms with van der Waals surface area (Å²) in [7, 11) is 0. The fourth-order valence-corrected chi connectivity index (χ4v) is 2.36. The van der Waals surface area contributed by atoms with E-state index in [2.05, 4.69) is 13.8 Å². The minimum absolute atomic E-state index is 0.758. The Balaban J connectivity index is 3.46. The van der Waals surface area contributed by atoms with Gasteiger partial charge in [-0.3, -0.25) is 0 Å². The van der Waals surface area contributed by atoms with Crippen molar-refractivity contribution in [3.63, 3.8) is 0 Å². The molecular weight excluding hydrogens is 196 g/mol. The van der Waals surface area contributed by atoms with Crippen LogP contribution >= 0.6 is 0 Å². The van der Waals surface area contributed by atoms with Gasteiger partial charge in [-0.05, 0) is 12.3 Å². The number of carbonyl (C=O) groups is 1. The zero-order valence-electron chi connectivity index (χ0n) is 11.3. The Morgan fingerprint density at radius 1 is 0.812 bits per heavy atom. The molecule has 0 aliphatic heterocycles. The van der Waals surface area contributed by atoms with Crippen molar-refractivity contribution in [2.75, 3.05) is 0 Å². The largest absolute Gasteiger partial charge is 0.303 e. The smallest absolute Gasteiger partial charge is 0.119 e. The summed E-state index contributed by atoms with van der Waals surface area (Å²) in [6.07, 6.45) is 15.1. The van der Waals surface area contributed by atoms with Crippen LogP contribution < -0.4 is 0 Å². The Morgan fingerprint density at radius 3 is 2.06 bits per heavy atom. The minimum atomic E-state index is 0.758. The molecule has 0 aromatic carbocycles. The van der Waals surface area contributed by atoms with E-state index in [1.54, 1.807) is 0 Å². The van der Waals surface area contributed by atoms with Gasteiger partial charge in [0.05, 0.1) is 0 Å². The number of hydrogen-bond donors (Lipinski definition) is 0. The number of aldehydes is 1. The maximum Gasteiger partial charge on any atom is 0.119 e. The van der Waals surface area contributed by atoms with E-state index in [9.17, 15) is 4.79 Å². The topological polar surface area (TPSA) is 17.1 Å². The number of hydrogen-bond acceptors (Lipinski definition) is 1. The van der Waals surface area contributed by atoms with Gasteiger partial charge in [0.15, 0.2) is 0 Å². The van der Waals surface area contributed by atoms with Crippen LogP contribution in [0.15, 0.2) is 0 Å². The molecular formula is C15H30O. The Kier molecular flexibility index (Phi) is 12.5. The SMILES string of the molecule is CCCCCC(CCC)CCCCCC=O. The Bertz CT molecular complexity index is 142. The van der Waals surface area contributed by atoms with Gasteiger partial charge in [-0.25, -0.2) is 0 Å². The molecule has 0 bridgehead atoms. The third-order valence-corrected chi connectivity index (χ3v) is 3.35. The highest BCUT2D eigenvalue weighted by atomic mass is 16.1. The first-order valence-corrected chi connectivity index (χ1v) is 7.28. The van der Waals surface area contributed by atoms with Gasteiger partial charge in [0.25, 0.3) is 0 Å². The first-order valence-electron chi connectivity index (χ1n) is 7.28. The highest BCUT2D eigenvalue weighted by molar-refractivity contribution is 5.48. The van der Waals surface area contributed by atoms with E-state index in [4.69, 9.17) is 0 Å². The Hall–Kier alpha value is -0.330. The van der Waals surface area contributed by atoms with E-state index in [0.29, 0.717) is 0 Å². The highest BCUT2D eigenvalue weighted by Crippen LogP contribution is 2.22. The van der Waals surface area contributed by atoms with Crippen molar-refractivity contribution in [2.24, 2.45) is 5.92 Å². The Labute approximate surface area is 102 Å². The fraction of sp³-hybridized carbons (Fsp3) is 0.933. The summed E-state index contributed by atoms with van der Waals surface area (Å²) in [5.74, 6) is 0.952. The zero-order valence-corrected chi connectivity index (χ0v) is 11.3. The number of carbonyl (C=O) groups excluding carboxylic acids is 1. The summed E-state index contributed by atoms with van der Waals surface area (Å²) in [6.45, 7) is 4.56. The third kappa shape index (κ3) is 10.2. The van der Waals surface area contributed by atoms with Crippen LogP contribution in [-0.4, -0.2) is 6.29 Å². The van der Waals surface area contributed by atoms with E-state index >= 15 is 0 Å². The molecule has 0 radical (unpaired) electrons. The van der Waals surface area contributed by atoms with Gasteiger partial charge < -0.3 is 4.79 Å². The summed E-state index contributed by atoms with van der Waals surface area (Å²) in [5, 5.41) is 0. The molecule has 1 heteroatoms. The summed E-state index contributed by atoms with van der Waals surface area (Å²) >= 11 is 0. The third-order valence-electron chi connectivity index (χ3n) is 3.35. The lowest BCUT2D eigenvalue weighted by atomic mass is 9.91. The van der Waals surface area contributed by atoms with E-state index < -0.39 is 0 Å². The zero-order chi connectivity index (χ0) is 12.1. The quantitative estimate of drug-likeness (QED) is 0.333. The van der Waals surface area contributed by atoms with Crippen molar-refractivity contribution in [3.8, 4) is 0 Å². The molecule has 0 aliphatic rings. The van der Waals surface area contributed by atoms with Crippen LogP contribution in [0.3, 0.4) is 0 Å². The van der Waals surface area contributed by atoms with Gasteiger partial charge in [-0.15, -0.1) is 0 Å². The van der Waals surface area contributed by atoms with Crippen LogP contribution in [0.5, 0.6) is 0 Å². The van der Waals surface area contributed by atoms with E-state index in [-0.39, 0.29) is 0 Å². The summed E-state index contributed by atoms with van der Waals surface area (Å²) < 4.78 is 0. The lowest BCUT2D eigenvalue weighted by Gasteiger charge is -2.15. The van der Waals surface area contributed by atoms with E-state index in [0.717, 1.165) is 25.0 Å². The summed E-state index contributed by atoms with van der Waals surface area (Å²) in [5.41, 5.74) is 0. The minimum Gasteiger partial charge on any atom is -0.303 e. The first kappa shape index (κ1) is 15.7. The second-order valence-electron chi connectivity index (χ2n) is 4.96. The highest BCUT2D eigenvalue weighted by Gasteiger charge is 2.06. The van der Waals surface area contributed by atoms with Gasteiger partial charge in [0, 0.05) is 6.42 Å². The monoisotopic (exact) mass is 226 g/mol. The average molecular weight is 226 g/mol. The predicted octanol–water partition coefficient (Wildman–Crippen LogP) is 5.13. The van der Waals surface area contributed by atoms with Gasteiger partial charge in [0.1, 0.15) is 6.29 Å². The molecule has 0 N–H and O–H groups in total. The van der Waals surface area contributed by atoms with Crippen LogP contribution in [0.4, 0.5) is 0 Å². The molecule has 0 aliphatic carbocycles. The molecule has 0 rings (SSSR count). The van der Waals surface area contributed by atoms with Crippen LogP contribution in [-0.2, 0) is 4.79 Å². The van der Waals surface area contributed by atoms with Crippen molar-refractivity contribution in [2.45, 2.75) is 84.5 Å². The predicted molar refractivity (Wildman–Crippen MR) is 71.7 cm³/mol. The van der Waals surface area contributed by atoms with Crippen molar-refractivity contribution in [1.29, 1.82) is 0 Å². The van der Waals surface area contributed by atoms with Crippen molar-refractivity contribution >= 4 is 6.29 Å². The van der Waals surface area contributed by atoms with Gasteiger partial charge in [-0.2, -0.15) is 0 Å². The Morgan fingerprint density at radius 2 is 1.50 bits per heavy atom. The van der Waals surface area contributed by atoms with E-state index in [1.165, 1.54) is 57.8 Å². The van der Waals surface area contributed by atoms with Crippen LogP contribution in [0.2, 0.25) is 0 Å². The van der Waals surface area contributed by atoms with Gasteiger partial charge >= 0.3 is 0 Å². The fourth-order valence-electron chi connectivity index (χ4n) is 2.36. The molecule has 0 spiro atoms. The van der Waals surface area contributed by atoms with Crippen molar-refractivity contribution in [1.82, 2.24) is 0 Å². The molecule has 0 aromatic heterocycles. The molecule has 0 fully saturated rings. The van der Waals surface area contributed by atoms with Crippen LogP contribution in [0.25, 0.3) is 0 Å². The van der Waals surface area contributed by atoms with Crippen molar-refractivity contribution < 1.29 is 4.79 Å². The van der Waals surface area contributed by atoms with Crippen LogP contribution in [0, 0.1) is 5.92 Å². The molecule has 96 valence electrons. The molecule has 0 saturated carbocycles. The van der Waals surface area contributed by atoms with Gasteiger partial charge in [0.2, 0.25) is 0 Å². The molecule has 0 saturated heterocycles. The summed E-state index contributed by atoms with van der Waals surface area (Å²) in [4.78, 5) is 10.2. The summed E-state index contributed by atoms with van der Waals surface area (Å²) in [6, 6.07) is 0. The first-order chi connectivity index (χ1) is 7.85. The standard InChI is InChI=1S/C15H30O/c1-3-5-8-12-15(11-4-2)13-9-6-7-10-14-16/h14-15H,3-13H2,1-2H3. The lowest BCUT2D eigenvalue weighted by Crippen LogP contribution is -2.00. The maximum absolute atomic E-state index is 10.2. The van der Waals surface area contributed by atoms with Crippen LogP contribution in [0.1, 0.15) is 84.5 Å². The molecule has 1 nitrogen and oxygen atoms in total. The average Bonchev–Trinajstić information content (AvgIpc) is 2.29. The van der Waals surface area contributed by atoms with Gasteiger partial charge in [-0.1, -0.05) is 71.6 Å². The molecule has 0 amide bonds. The maximum atomic E-state index is 10.2. The molecule has 0 heterocycles. The number of unbranched alkanes of at least 4 members (excludes halogenated alkanes) is 5. The molecule has 16 heavy (non-hydrogen) atoms. The molecule has 0 aromatic rings. The molecule has 1 unspecified atom stereocenters. The number of rotatable bonds is 12. The van der Waals surface area contributed by atoms with Crippen molar-refractivity contribution in [3.05, 3.63) is 0 Å². The molecule has 1 atom stereocenters. The lowest BCUT2D eigenvalue weighted by molar-refractivity contribution is -0.107. The second-order valence-corrected chi connectivity index (χ2v) is 4.96. The second kappa shape index (κ2) is 12.7. The van der Waals surface area contributed by atoms with E-state index in [1.807, 2.05) is 0 Å².